The largest absolute Gasteiger partial charge is 0.457 e. The molecule has 20 heavy (non-hydrogen) atoms. The summed E-state index contributed by atoms with van der Waals surface area (Å²) in [6.07, 6.45) is 0. The first-order valence-corrected chi connectivity index (χ1v) is 8.00. The summed E-state index contributed by atoms with van der Waals surface area (Å²) in [6, 6.07) is 13.9. The van der Waals surface area contributed by atoms with E-state index in [9.17, 15) is 8.42 Å². The molecule has 0 aromatic heterocycles. The Balaban J connectivity index is 2.14. The summed E-state index contributed by atoms with van der Waals surface area (Å²) in [7, 11) is -3.17. The molecule has 0 unspecified atom stereocenters. The van der Waals surface area contributed by atoms with Crippen molar-refractivity contribution in [2.24, 2.45) is 5.73 Å². The van der Waals surface area contributed by atoms with Crippen LogP contribution in [-0.2, 0) is 16.4 Å². The number of hydrogen-bond donors (Lipinski definition) is 1. The van der Waals surface area contributed by atoms with E-state index in [1.54, 1.807) is 31.2 Å². The molecule has 2 aromatic rings. The monoisotopic (exact) mass is 291 g/mol. The number of rotatable bonds is 5. The second-order valence-electron chi connectivity index (χ2n) is 4.32. The lowest BCUT2D eigenvalue weighted by Gasteiger charge is -2.07. The maximum Gasteiger partial charge on any atom is 0.178 e. The highest BCUT2D eigenvalue weighted by Gasteiger charge is 2.11. The Labute approximate surface area is 119 Å². The first-order valence-electron chi connectivity index (χ1n) is 6.35. The maximum absolute atomic E-state index is 11.7. The van der Waals surface area contributed by atoms with Crippen LogP contribution in [0.25, 0.3) is 0 Å². The van der Waals surface area contributed by atoms with Gasteiger partial charge in [0.1, 0.15) is 11.5 Å². The molecule has 0 saturated carbocycles. The van der Waals surface area contributed by atoms with Crippen LogP contribution in [0.3, 0.4) is 0 Å². The summed E-state index contributed by atoms with van der Waals surface area (Å²) < 4.78 is 29.0. The molecular formula is C15H17NO3S. The van der Waals surface area contributed by atoms with Crippen LogP contribution in [0.15, 0.2) is 53.4 Å². The van der Waals surface area contributed by atoms with E-state index in [2.05, 4.69) is 0 Å². The highest BCUT2D eigenvalue weighted by molar-refractivity contribution is 7.91. The van der Waals surface area contributed by atoms with Crippen LogP contribution in [0.2, 0.25) is 0 Å². The van der Waals surface area contributed by atoms with Crippen molar-refractivity contribution in [2.75, 3.05) is 5.75 Å². The van der Waals surface area contributed by atoms with Crippen molar-refractivity contribution < 1.29 is 13.2 Å². The molecule has 2 aromatic carbocycles. The molecule has 4 nitrogen and oxygen atoms in total. The average molecular weight is 291 g/mol. The predicted octanol–water partition coefficient (Wildman–Crippen LogP) is 2.73. The lowest BCUT2D eigenvalue weighted by atomic mass is 10.2. The molecule has 0 spiro atoms. The van der Waals surface area contributed by atoms with Crippen LogP contribution < -0.4 is 10.5 Å². The fraction of sp³-hybridized carbons (Fsp3) is 0.200. The van der Waals surface area contributed by atoms with Crippen LogP contribution in [-0.4, -0.2) is 14.2 Å². The van der Waals surface area contributed by atoms with E-state index in [0.29, 0.717) is 22.9 Å². The summed E-state index contributed by atoms with van der Waals surface area (Å²) in [4.78, 5) is 0.311. The Morgan fingerprint density at radius 1 is 0.950 bits per heavy atom. The van der Waals surface area contributed by atoms with Gasteiger partial charge in [-0.3, -0.25) is 0 Å². The van der Waals surface area contributed by atoms with Gasteiger partial charge in [0.2, 0.25) is 0 Å². The smallest absolute Gasteiger partial charge is 0.178 e. The zero-order valence-corrected chi connectivity index (χ0v) is 12.1. The summed E-state index contributed by atoms with van der Waals surface area (Å²) in [5.74, 6) is 1.38. The van der Waals surface area contributed by atoms with Crippen molar-refractivity contribution >= 4 is 9.84 Å². The first-order chi connectivity index (χ1) is 9.55. The van der Waals surface area contributed by atoms with Gasteiger partial charge in [0.25, 0.3) is 0 Å². The zero-order chi connectivity index (χ0) is 14.6. The summed E-state index contributed by atoms with van der Waals surface area (Å²) in [5, 5.41) is 0. The molecule has 5 heteroatoms. The van der Waals surface area contributed by atoms with E-state index in [1.807, 2.05) is 24.3 Å². The number of ether oxygens (including phenoxy) is 1. The molecule has 2 N–H and O–H groups in total. The topological polar surface area (TPSA) is 69.4 Å². The van der Waals surface area contributed by atoms with Crippen LogP contribution in [0.1, 0.15) is 12.5 Å². The van der Waals surface area contributed by atoms with Gasteiger partial charge in [-0.1, -0.05) is 19.1 Å². The Kier molecular flexibility index (Phi) is 4.42. The van der Waals surface area contributed by atoms with Gasteiger partial charge in [-0.15, -0.1) is 0 Å². The number of hydrogen-bond acceptors (Lipinski definition) is 4. The Bertz CT molecular complexity index is 661. The van der Waals surface area contributed by atoms with Crippen LogP contribution >= 0.6 is 0 Å². The van der Waals surface area contributed by atoms with E-state index in [0.717, 1.165) is 5.56 Å². The Morgan fingerprint density at radius 2 is 1.45 bits per heavy atom. The molecule has 0 saturated heterocycles. The van der Waals surface area contributed by atoms with E-state index in [1.165, 1.54) is 0 Å². The van der Waals surface area contributed by atoms with Crippen LogP contribution in [0.5, 0.6) is 11.5 Å². The quantitative estimate of drug-likeness (QED) is 0.919. The molecule has 0 atom stereocenters. The lowest BCUT2D eigenvalue weighted by Crippen LogP contribution is -2.03. The Hall–Kier alpha value is -1.85. The molecule has 0 heterocycles. The first kappa shape index (κ1) is 14.6. The number of benzene rings is 2. The van der Waals surface area contributed by atoms with Crippen LogP contribution in [0.4, 0.5) is 0 Å². The van der Waals surface area contributed by atoms with Gasteiger partial charge in [0.15, 0.2) is 9.84 Å². The minimum atomic E-state index is -3.17. The van der Waals surface area contributed by atoms with Gasteiger partial charge in [-0.2, -0.15) is 0 Å². The third kappa shape index (κ3) is 3.37. The average Bonchev–Trinajstić information content (AvgIpc) is 2.48. The molecule has 0 aliphatic heterocycles. The molecular weight excluding hydrogens is 274 g/mol. The van der Waals surface area contributed by atoms with Gasteiger partial charge in [0, 0.05) is 6.54 Å². The minimum Gasteiger partial charge on any atom is -0.457 e. The van der Waals surface area contributed by atoms with Crippen LogP contribution in [0, 0.1) is 0 Å². The summed E-state index contributed by atoms with van der Waals surface area (Å²) in [6.45, 7) is 2.11. The zero-order valence-electron chi connectivity index (χ0n) is 11.2. The molecule has 0 fully saturated rings. The third-order valence-corrected chi connectivity index (χ3v) is 4.71. The molecule has 0 radical (unpaired) electrons. The van der Waals surface area contributed by atoms with Gasteiger partial charge in [-0.05, 0) is 42.0 Å². The normalized spacial score (nSPS) is 11.3. The maximum atomic E-state index is 11.7. The molecule has 0 aliphatic rings. The van der Waals surface area contributed by atoms with Gasteiger partial charge < -0.3 is 10.5 Å². The summed E-state index contributed by atoms with van der Waals surface area (Å²) in [5.41, 5.74) is 6.55. The molecule has 106 valence electrons. The number of nitrogens with two attached hydrogens (primary N) is 1. The van der Waals surface area contributed by atoms with Crippen molar-refractivity contribution in [1.29, 1.82) is 0 Å². The van der Waals surface area contributed by atoms with Crippen molar-refractivity contribution in [2.45, 2.75) is 18.4 Å². The molecule has 0 aliphatic carbocycles. The predicted molar refractivity (Wildman–Crippen MR) is 78.6 cm³/mol. The molecule has 0 amide bonds. The van der Waals surface area contributed by atoms with Crippen molar-refractivity contribution in [1.82, 2.24) is 0 Å². The highest BCUT2D eigenvalue weighted by Crippen LogP contribution is 2.23. The van der Waals surface area contributed by atoms with Gasteiger partial charge in [0.05, 0.1) is 10.6 Å². The van der Waals surface area contributed by atoms with E-state index in [4.69, 9.17) is 10.5 Å². The van der Waals surface area contributed by atoms with E-state index >= 15 is 0 Å². The standard InChI is InChI=1S/C15H17NO3S/c1-2-20(17,18)15-9-7-14(8-10-15)19-13-5-3-12(11-16)4-6-13/h3-10H,2,11,16H2,1H3. The van der Waals surface area contributed by atoms with Gasteiger partial charge >= 0.3 is 0 Å². The highest BCUT2D eigenvalue weighted by atomic mass is 32.2. The number of sulfone groups is 1. The fourth-order valence-electron chi connectivity index (χ4n) is 1.71. The third-order valence-electron chi connectivity index (χ3n) is 2.96. The minimum absolute atomic E-state index is 0.0910. The van der Waals surface area contributed by atoms with E-state index in [-0.39, 0.29) is 5.75 Å². The fourth-order valence-corrected chi connectivity index (χ4v) is 2.60. The lowest BCUT2D eigenvalue weighted by molar-refractivity contribution is 0.482. The SMILES string of the molecule is CCS(=O)(=O)c1ccc(Oc2ccc(CN)cc2)cc1. The summed E-state index contributed by atoms with van der Waals surface area (Å²) >= 11 is 0. The van der Waals surface area contributed by atoms with Crippen molar-refractivity contribution in [3.8, 4) is 11.5 Å². The van der Waals surface area contributed by atoms with Gasteiger partial charge in [-0.25, -0.2) is 8.42 Å². The molecule has 0 bridgehead atoms. The second-order valence-corrected chi connectivity index (χ2v) is 6.60. The second kappa shape index (κ2) is 6.07. The van der Waals surface area contributed by atoms with E-state index < -0.39 is 9.84 Å². The van der Waals surface area contributed by atoms with Crippen molar-refractivity contribution in [3.63, 3.8) is 0 Å². The molecule has 2 rings (SSSR count). The van der Waals surface area contributed by atoms with Crippen molar-refractivity contribution in [3.05, 3.63) is 54.1 Å². The Morgan fingerprint density at radius 3 is 1.90 bits per heavy atom.